The fourth-order valence-corrected chi connectivity index (χ4v) is 1.27. The quantitative estimate of drug-likeness (QED) is 0.769. The third kappa shape index (κ3) is 3.70. The van der Waals surface area contributed by atoms with Crippen molar-refractivity contribution in [3.05, 3.63) is 24.4 Å². The summed E-state index contributed by atoms with van der Waals surface area (Å²) < 4.78 is 38.0. The monoisotopic (exact) mass is 248 g/mol. The van der Waals surface area contributed by atoms with Crippen molar-refractivity contribution in [3.63, 3.8) is 0 Å². The molecular weight excluding hydrogens is 237 g/mol. The number of halogens is 3. The largest absolute Gasteiger partial charge is 0.409 e. The molecule has 1 heterocycles. The predicted molar refractivity (Wildman–Crippen MR) is 54.3 cm³/mol. The number of aldehydes is 1. The summed E-state index contributed by atoms with van der Waals surface area (Å²) in [4.78, 5) is 14.2. The summed E-state index contributed by atoms with van der Waals surface area (Å²) in [5.41, 5.74) is 0. The molecule has 0 amide bonds. The molecule has 0 fully saturated rings. The van der Waals surface area contributed by atoms with Crippen molar-refractivity contribution in [2.45, 2.75) is 12.2 Å². The number of hydrogen-bond donors (Lipinski definition) is 2. The molecule has 1 aromatic heterocycles. The Labute approximate surface area is 95.5 Å². The maximum Gasteiger partial charge on any atom is 0.409 e. The Morgan fingerprint density at radius 1 is 1.47 bits per heavy atom. The lowest BCUT2D eigenvalue weighted by Gasteiger charge is -2.25. The van der Waals surface area contributed by atoms with E-state index >= 15 is 0 Å². The van der Waals surface area contributed by atoms with Gasteiger partial charge in [0.25, 0.3) is 0 Å². The van der Waals surface area contributed by atoms with E-state index in [9.17, 15) is 18.0 Å². The highest BCUT2D eigenvalue weighted by atomic mass is 19.4. The summed E-state index contributed by atoms with van der Waals surface area (Å²) in [5.74, 6) is -1.56. The Hall–Kier alpha value is -1.63. The van der Waals surface area contributed by atoms with E-state index in [0.717, 1.165) is 0 Å². The molecule has 2 N–H and O–H groups in total. The van der Waals surface area contributed by atoms with E-state index in [4.69, 9.17) is 5.11 Å². The molecule has 0 spiro atoms. The third-order valence-corrected chi connectivity index (χ3v) is 2.13. The summed E-state index contributed by atoms with van der Waals surface area (Å²) in [5, 5.41) is 10.8. The lowest BCUT2D eigenvalue weighted by atomic mass is 10.0. The van der Waals surface area contributed by atoms with E-state index in [2.05, 4.69) is 10.3 Å². The Balaban J connectivity index is 2.88. The number of hydrogen-bond acceptors (Lipinski definition) is 4. The average molecular weight is 248 g/mol. The highest BCUT2D eigenvalue weighted by Gasteiger charge is 2.44. The minimum atomic E-state index is -4.65. The fourth-order valence-electron chi connectivity index (χ4n) is 1.27. The molecule has 0 radical (unpaired) electrons. The molecule has 4 nitrogen and oxygen atoms in total. The molecule has 94 valence electrons. The number of aliphatic hydroxyl groups excluding tert-OH is 1. The third-order valence-electron chi connectivity index (χ3n) is 2.13. The second-order valence-electron chi connectivity index (χ2n) is 3.36. The number of rotatable bonds is 5. The van der Waals surface area contributed by atoms with Gasteiger partial charge in [0.05, 0.1) is 12.5 Å². The summed E-state index contributed by atoms with van der Waals surface area (Å²) in [6, 6.07) is 2.26. The Bertz CT molecular complexity index is 356. The lowest BCUT2D eigenvalue weighted by molar-refractivity contribution is -0.159. The zero-order chi connectivity index (χ0) is 12.9. The van der Waals surface area contributed by atoms with Gasteiger partial charge in [-0.1, -0.05) is 6.07 Å². The zero-order valence-electron chi connectivity index (χ0n) is 8.69. The molecule has 17 heavy (non-hydrogen) atoms. The first-order valence-electron chi connectivity index (χ1n) is 4.79. The summed E-state index contributed by atoms with van der Waals surface area (Å²) in [6.45, 7) is -0.881. The van der Waals surface area contributed by atoms with Crippen LogP contribution < -0.4 is 5.32 Å². The van der Waals surface area contributed by atoms with Crippen LogP contribution >= 0.6 is 0 Å². The molecule has 2 atom stereocenters. The predicted octanol–water partition coefficient (Wildman–Crippen LogP) is 1.23. The number of carbonyl (C=O) groups is 1. The number of nitrogens with one attached hydrogen (secondary N) is 1. The number of pyridine rings is 1. The van der Waals surface area contributed by atoms with Gasteiger partial charge < -0.3 is 15.2 Å². The molecule has 0 saturated carbocycles. The van der Waals surface area contributed by atoms with Crippen molar-refractivity contribution in [2.75, 3.05) is 11.9 Å². The van der Waals surface area contributed by atoms with Gasteiger partial charge in [-0.05, 0) is 12.1 Å². The fraction of sp³-hybridized carbons (Fsp3) is 0.400. The first kappa shape index (κ1) is 13.4. The van der Waals surface area contributed by atoms with Crippen molar-refractivity contribution in [1.82, 2.24) is 4.98 Å². The smallest absolute Gasteiger partial charge is 0.396 e. The summed E-state index contributed by atoms with van der Waals surface area (Å²) >= 11 is 0. The number of carbonyl (C=O) groups excluding carboxylic acids is 1. The van der Waals surface area contributed by atoms with Gasteiger partial charge in [0.15, 0.2) is 0 Å². The van der Waals surface area contributed by atoms with Crippen LogP contribution in [0.5, 0.6) is 0 Å². The normalized spacial score (nSPS) is 15.1. The summed E-state index contributed by atoms with van der Waals surface area (Å²) in [6.07, 6.45) is -3.25. The van der Waals surface area contributed by atoms with Crippen LogP contribution in [0.25, 0.3) is 0 Å². The van der Waals surface area contributed by atoms with Crippen molar-refractivity contribution in [1.29, 1.82) is 0 Å². The van der Waals surface area contributed by atoms with Crippen LogP contribution in [0.1, 0.15) is 0 Å². The highest BCUT2D eigenvalue weighted by molar-refractivity contribution is 5.57. The van der Waals surface area contributed by atoms with Crippen LogP contribution in [0.2, 0.25) is 0 Å². The van der Waals surface area contributed by atoms with Crippen molar-refractivity contribution in [2.24, 2.45) is 5.92 Å². The maximum atomic E-state index is 12.7. The van der Waals surface area contributed by atoms with Gasteiger partial charge in [0.2, 0.25) is 0 Å². The van der Waals surface area contributed by atoms with E-state index in [0.29, 0.717) is 0 Å². The van der Waals surface area contributed by atoms with Crippen LogP contribution in [0.3, 0.4) is 0 Å². The van der Waals surface area contributed by atoms with Crippen LogP contribution in [0, 0.1) is 5.92 Å². The first-order valence-corrected chi connectivity index (χ1v) is 4.79. The molecule has 0 aromatic carbocycles. The highest BCUT2D eigenvalue weighted by Crippen LogP contribution is 2.27. The van der Waals surface area contributed by atoms with Gasteiger partial charge in [0, 0.05) is 6.20 Å². The van der Waals surface area contributed by atoms with E-state index in [-0.39, 0.29) is 12.1 Å². The number of aromatic nitrogens is 1. The van der Waals surface area contributed by atoms with Crippen LogP contribution in [-0.4, -0.2) is 35.2 Å². The van der Waals surface area contributed by atoms with E-state index < -0.39 is 24.7 Å². The molecule has 1 aromatic rings. The number of aliphatic hydroxyl groups is 1. The van der Waals surface area contributed by atoms with Gasteiger partial charge >= 0.3 is 6.18 Å². The zero-order valence-corrected chi connectivity index (χ0v) is 8.69. The molecular formula is C10H11F3N2O2. The van der Waals surface area contributed by atoms with E-state index in [1.807, 2.05) is 0 Å². The number of nitrogens with zero attached hydrogens (tertiary/aromatic N) is 1. The molecule has 0 saturated heterocycles. The van der Waals surface area contributed by atoms with Crippen molar-refractivity contribution >= 4 is 12.1 Å². The number of anilines is 1. The minimum absolute atomic E-state index is 0.00451. The van der Waals surface area contributed by atoms with E-state index in [1.54, 1.807) is 6.07 Å². The molecule has 0 aliphatic rings. The van der Waals surface area contributed by atoms with Gasteiger partial charge in [0.1, 0.15) is 18.1 Å². The van der Waals surface area contributed by atoms with Crippen molar-refractivity contribution in [3.8, 4) is 0 Å². The minimum Gasteiger partial charge on any atom is -0.396 e. The SMILES string of the molecule is O=CC(CO)C(Nc1ccccn1)C(F)(F)F. The molecule has 2 unspecified atom stereocenters. The number of alkyl halides is 3. The van der Waals surface area contributed by atoms with Crippen LogP contribution in [0.4, 0.5) is 19.0 Å². The summed E-state index contributed by atoms with van der Waals surface area (Å²) in [7, 11) is 0. The van der Waals surface area contributed by atoms with Crippen molar-refractivity contribution < 1.29 is 23.1 Å². The second-order valence-corrected chi connectivity index (χ2v) is 3.36. The lowest BCUT2D eigenvalue weighted by Crippen LogP contribution is -2.44. The molecule has 0 bridgehead atoms. The Morgan fingerprint density at radius 2 is 2.18 bits per heavy atom. The molecule has 1 rings (SSSR count). The maximum absolute atomic E-state index is 12.7. The Morgan fingerprint density at radius 3 is 2.59 bits per heavy atom. The molecule has 7 heteroatoms. The van der Waals surface area contributed by atoms with Gasteiger partial charge in [-0.2, -0.15) is 13.2 Å². The Kier molecular flexibility index (Phi) is 4.45. The van der Waals surface area contributed by atoms with Gasteiger partial charge in [-0.15, -0.1) is 0 Å². The van der Waals surface area contributed by atoms with Crippen LogP contribution in [-0.2, 0) is 4.79 Å². The second kappa shape index (κ2) is 5.62. The standard InChI is InChI=1S/C10H11F3N2O2/c11-10(12,13)9(7(5-16)6-17)15-8-3-1-2-4-14-8/h1-5,7,9,17H,6H2,(H,14,15). The topological polar surface area (TPSA) is 62.2 Å². The molecule has 0 aliphatic heterocycles. The average Bonchev–Trinajstić information content (AvgIpc) is 2.29. The van der Waals surface area contributed by atoms with Crippen LogP contribution in [0.15, 0.2) is 24.4 Å². The van der Waals surface area contributed by atoms with Gasteiger partial charge in [-0.25, -0.2) is 4.98 Å². The molecule has 0 aliphatic carbocycles. The van der Waals surface area contributed by atoms with E-state index in [1.165, 1.54) is 18.3 Å². The van der Waals surface area contributed by atoms with Gasteiger partial charge in [-0.3, -0.25) is 0 Å². The first-order chi connectivity index (χ1) is 7.99.